The summed E-state index contributed by atoms with van der Waals surface area (Å²) < 4.78 is 0. The van der Waals surface area contributed by atoms with Crippen LogP contribution in [0.1, 0.15) is 12.5 Å². The summed E-state index contributed by atoms with van der Waals surface area (Å²) in [6, 6.07) is 8.36. The molecule has 0 aliphatic carbocycles. The van der Waals surface area contributed by atoms with Gasteiger partial charge in [0.05, 0.1) is 0 Å². The Morgan fingerprint density at radius 1 is 1.42 bits per heavy atom. The van der Waals surface area contributed by atoms with Crippen LogP contribution in [-0.4, -0.2) is 12.0 Å². The van der Waals surface area contributed by atoms with Crippen molar-refractivity contribution in [1.29, 1.82) is 0 Å². The van der Waals surface area contributed by atoms with Crippen LogP contribution in [0.25, 0.3) is 0 Å². The molecule has 1 unspecified atom stereocenters. The van der Waals surface area contributed by atoms with Crippen LogP contribution in [0, 0.1) is 0 Å². The maximum absolute atomic E-state index is 6.31. The van der Waals surface area contributed by atoms with Gasteiger partial charge in [-0.25, -0.2) is 0 Å². The fourth-order valence-electron chi connectivity index (χ4n) is 1.70. The molecule has 1 atom stereocenters. The molecular formula is C10H12ClN. The van der Waals surface area contributed by atoms with Crippen molar-refractivity contribution in [3.05, 3.63) is 29.8 Å². The molecule has 1 aromatic rings. The number of benzene rings is 1. The summed E-state index contributed by atoms with van der Waals surface area (Å²) in [4.78, 5) is 1.90. The first-order chi connectivity index (χ1) is 5.61. The molecule has 1 nitrogen and oxygen atoms in total. The van der Waals surface area contributed by atoms with Gasteiger partial charge in [-0.1, -0.05) is 29.8 Å². The highest BCUT2D eigenvalue weighted by atomic mass is 35.5. The number of hydrogen-bond donors (Lipinski definition) is 0. The molecule has 2 rings (SSSR count). The number of para-hydroxylation sites is 1. The minimum Gasteiger partial charge on any atom is -0.355 e. The van der Waals surface area contributed by atoms with E-state index in [1.54, 1.807) is 0 Å². The topological polar surface area (TPSA) is 3.24 Å². The quantitative estimate of drug-likeness (QED) is 0.440. The van der Waals surface area contributed by atoms with Crippen LogP contribution in [0.3, 0.4) is 0 Å². The van der Waals surface area contributed by atoms with Gasteiger partial charge in [0.1, 0.15) is 5.00 Å². The number of fused-ring (bicyclic) bond motifs is 1. The lowest BCUT2D eigenvalue weighted by molar-refractivity contribution is 0.654. The van der Waals surface area contributed by atoms with E-state index in [2.05, 4.69) is 30.0 Å². The zero-order chi connectivity index (χ0) is 8.77. The summed E-state index contributed by atoms with van der Waals surface area (Å²) in [6.45, 7) is 2.05. The molecule has 0 radical (unpaired) electrons. The molecule has 0 fully saturated rings. The summed E-state index contributed by atoms with van der Waals surface area (Å²) in [5.74, 6) is 0. The fraction of sp³-hybridized carbons (Fsp3) is 0.400. The molecule has 2 heteroatoms. The molecule has 0 saturated heterocycles. The van der Waals surface area contributed by atoms with E-state index in [-0.39, 0.29) is 5.00 Å². The van der Waals surface area contributed by atoms with Crippen molar-refractivity contribution in [2.24, 2.45) is 0 Å². The van der Waals surface area contributed by atoms with E-state index >= 15 is 0 Å². The first-order valence-electron chi connectivity index (χ1n) is 4.12. The molecule has 0 saturated carbocycles. The third-order valence-electron chi connectivity index (χ3n) is 2.57. The summed E-state index contributed by atoms with van der Waals surface area (Å²) in [6.07, 6.45) is 0.932. The van der Waals surface area contributed by atoms with Gasteiger partial charge in [0.25, 0.3) is 0 Å². The predicted octanol–water partition coefficient (Wildman–Crippen LogP) is 2.63. The van der Waals surface area contributed by atoms with Crippen LogP contribution in [0.15, 0.2) is 24.3 Å². The Balaban J connectivity index is 2.49. The summed E-state index contributed by atoms with van der Waals surface area (Å²) in [5, 5.41) is 0. The highest BCUT2D eigenvalue weighted by Gasteiger charge is 2.34. The first kappa shape index (κ1) is 7.93. The molecule has 0 bridgehead atoms. The van der Waals surface area contributed by atoms with Gasteiger partial charge in [-0.15, -0.1) is 0 Å². The second-order valence-corrected chi connectivity index (χ2v) is 4.32. The molecule has 1 aliphatic heterocycles. The standard InChI is InChI=1S/C10H12ClN/c1-10(11)7-8-5-3-4-6-9(8)12(10)2/h3-6H,7H2,1-2H3. The average molecular weight is 182 g/mol. The molecule has 0 aromatic heterocycles. The summed E-state index contributed by atoms with van der Waals surface area (Å²) >= 11 is 6.31. The minimum absolute atomic E-state index is 0.232. The lowest BCUT2D eigenvalue weighted by atomic mass is 10.1. The van der Waals surface area contributed by atoms with E-state index in [4.69, 9.17) is 11.6 Å². The monoisotopic (exact) mass is 181 g/mol. The average Bonchev–Trinajstić information content (AvgIpc) is 2.24. The minimum atomic E-state index is -0.232. The maximum atomic E-state index is 6.31. The SMILES string of the molecule is CN1c2ccccc2CC1(C)Cl. The molecule has 64 valence electrons. The van der Waals surface area contributed by atoms with Crippen LogP contribution >= 0.6 is 11.6 Å². The van der Waals surface area contributed by atoms with Crippen molar-refractivity contribution in [3.8, 4) is 0 Å². The Morgan fingerprint density at radius 2 is 2.08 bits per heavy atom. The van der Waals surface area contributed by atoms with Gasteiger partial charge in [-0.2, -0.15) is 0 Å². The number of hydrogen-bond acceptors (Lipinski definition) is 1. The van der Waals surface area contributed by atoms with E-state index in [9.17, 15) is 0 Å². The molecule has 0 N–H and O–H groups in total. The number of halogens is 1. The second kappa shape index (κ2) is 2.40. The van der Waals surface area contributed by atoms with E-state index in [1.165, 1.54) is 11.3 Å². The third kappa shape index (κ3) is 1.00. The van der Waals surface area contributed by atoms with E-state index in [1.807, 2.05) is 13.1 Å². The van der Waals surface area contributed by atoms with Crippen molar-refractivity contribution in [2.75, 3.05) is 11.9 Å². The molecule has 0 amide bonds. The van der Waals surface area contributed by atoms with E-state index in [0.29, 0.717) is 0 Å². The van der Waals surface area contributed by atoms with Gasteiger partial charge < -0.3 is 4.90 Å². The van der Waals surface area contributed by atoms with Crippen LogP contribution in [0.2, 0.25) is 0 Å². The Bertz CT molecular complexity index is 306. The number of rotatable bonds is 0. The molecular weight excluding hydrogens is 170 g/mol. The fourth-order valence-corrected chi connectivity index (χ4v) is 1.94. The normalized spacial score (nSPS) is 27.4. The van der Waals surface area contributed by atoms with Crippen LogP contribution < -0.4 is 4.90 Å². The number of nitrogens with zero attached hydrogens (tertiary/aromatic N) is 1. The zero-order valence-electron chi connectivity index (χ0n) is 7.34. The van der Waals surface area contributed by atoms with Gasteiger partial charge in [0.15, 0.2) is 0 Å². The Kier molecular flexibility index (Phi) is 1.58. The predicted molar refractivity (Wildman–Crippen MR) is 52.8 cm³/mol. The van der Waals surface area contributed by atoms with Gasteiger partial charge in [-0.05, 0) is 18.6 Å². The van der Waals surface area contributed by atoms with Crippen LogP contribution in [0.4, 0.5) is 5.69 Å². The highest BCUT2D eigenvalue weighted by molar-refractivity contribution is 6.25. The molecule has 0 spiro atoms. The van der Waals surface area contributed by atoms with Crippen molar-refractivity contribution >= 4 is 17.3 Å². The Morgan fingerprint density at radius 3 is 2.75 bits per heavy atom. The number of alkyl halides is 1. The third-order valence-corrected chi connectivity index (χ3v) is 2.95. The largest absolute Gasteiger partial charge is 0.355 e. The number of likely N-dealkylation sites (N-methyl/N-ethyl adjacent to an activating group) is 1. The lowest BCUT2D eigenvalue weighted by Crippen LogP contribution is -2.35. The van der Waals surface area contributed by atoms with Crippen molar-refractivity contribution in [1.82, 2.24) is 0 Å². The molecule has 1 heterocycles. The Hall–Kier alpha value is -0.690. The smallest absolute Gasteiger partial charge is 0.116 e. The maximum Gasteiger partial charge on any atom is 0.116 e. The van der Waals surface area contributed by atoms with Crippen molar-refractivity contribution < 1.29 is 0 Å². The number of anilines is 1. The van der Waals surface area contributed by atoms with E-state index in [0.717, 1.165) is 6.42 Å². The van der Waals surface area contributed by atoms with Crippen LogP contribution in [-0.2, 0) is 6.42 Å². The first-order valence-corrected chi connectivity index (χ1v) is 4.50. The van der Waals surface area contributed by atoms with Crippen LogP contribution in [0.5, 0.6) is 0 Å². The van der Waals surface area contributed by atoms with Crippen molar-refractivity contribution in [3.63, 3.8) is 0 Å². The highest BCUT2D eigenvalue weighted by Crippen LogP contribution is 2.39. The van der Waals surface area contributed by atoms with Crippen molar-refractivity contribution in [2.45, 2.75) is 18.3 Å². The zero-order valence-corrected chi connectivity index (χ0v) is 8.10. The molecule has 12 heavy (non-hydrogen) atoms. The summed E-state index contributed by atoms with van der Waals surface area (Å²) in [7, 11) is 2.04. The van der Waals surface area contributed by atoms with Gasteiger partial charge >= 0.3 is 0 Å². The van der Waals surface area contributed by atoms with Gasteiger partial charge in [0.2, 0.25) is 0 Å². The molecule has 1 aliphatic rings. The second-order valence-electron chi connectivity index (χ2n) is 3.51. The Labute approximate surface area is 77.9 Å². The lowest BCUT2D eigenvalue weighted by Gasteiger charge is -2.27. The van der Waals surface area contributed by atoms with Gasteiger partial charge in [0, 0.05) is 19.2 Å². The van der Waals surface area contributed by atoms with E-state index < -0.39 is 0 Å². The summed E-state index contributed by atoms with van der Waals surface area (Å²) in [5.41, 5.74) is 2.60. The molecule has 1 aromatic carbocycles. The van der Waals surface area contributed by atoms with Gasteiger partial charge in [-0.3, -0.25) is 0 Å².